The first kappa shape index (κ1) is 11.9. The molecule has 0 saturated heterocycles. The number of nitrogens with one attached hydrogen (secondary N) is 1. The smallest absolute Gasteiger partial charge is 0.253 e. The molecule has 0 aromatic heterocycles. The van der Waals surface area contributed by atoms with E-state index in [9.17, 15) is 8.78 Å². The average Bonchev–Trinajstić information content (AvgIpc) is 2.09. The van der Waals surface area contributed by atoms with Crippen molar-refractivity contribution in [3.05, 3.63) is 0 Å². The lowest BCUT2D eigenvalue weighted by Crippen LogP contribution is -2.46. The molecule has 1 rings (SSSR count). The second-order valence-corrected chi connectivity index (χ2v) is 4.79. The number of hydrogen-bond donors (Lipinski definition) is 1. The van der Waals surface area contributed by atoms with Gasteiger partial charge in [0.05, 0.1) is 6.04 Å². The minimum atomic E-state index is -2.25. The van der Waals surface area contributed by atoms with Gasteiger partial charge < -0.3 is 5.32 Å². The lowest BCUT2D eigenvalue weighted by Gasteiger charge is -2.35. The molecule has 1 nitrogen and oxygen atoms in total. The summed E-state index contributed by atoms with van der Waals surface area (Å²) in [4.78, 5) is 0. The Kier molecular flexibility index (Phi) is 4.30. The van der Waals surface area contributed by atoms with Crippen molar-refractivity contribution in [1.29, 1.82) is 0 Å². The number of halogens is 2. The van der Waals surface area contributed by atoms with Gasteiger partial charge in [0, 0.05) is 6.04 Å². The minimum absolute atomic E-state index is 0.287. The Labute approximate surface area is 85.3 Å². The molecule has 1 aliphatic rings. The summed E-state index contributed by atoms with van der Waals surface area (Å²) >= 11 is 0. The molecule has 4 unspecified atom stereocenters. The van der Waals surface area contributed by atoms with Crippen LogP contribution in [0.3, 0.4) is 0 Å². The van der Waals surface area contributed by atoms with E-state index in [0.29, 0.717) is 5.92 Å². The number of alkyl halides is 2. The zero-order valence-electron chi connectivity index (χ0n) is 9.26. The van der Waals surface area contributed by atoms with E-state index in [0.717, 1.165) is 25.2 Å². The van der Waals surface area contributed by atoms with Gasteiger partial charge in [-0.15, -0.1) is 0 Å². The monoisotopic (exact) mass is 205 g/mol. The van der Waals surface area contributed by atoms with Crippen LogP contribution < -0.4 is 5.32 Å². The highest BCUT2D eigenvalue weighted by Gasteiger charge is 2.27. The van der Waals surface area contributed by atoms with E-state index in [-0.39, 0.29) is 6.04 Å². The molecular weight excluding hydrogens is 184 g/mol. The van der Waals surface area contributed by atoms with Crippen LogP contribution in [-0.4, -0.2) is 18.5 Å². The van der Waals surface area contributed by atoms with E-state index in [1.165, 1.54) is 0 Å². The van der Waals surface area contributed by atoms with Gasteiger partial charge in [0.25, 0.3) is 6.43 Å². The molecule has 3 heteroatoms. The van der Waals surface area contributed by atoms with E-state index < -0.39 is 12.5 Å². The van der Waals surface area contributed by atoms with E-state index in [2.05, 4.69) is 19.2 Å². The second kappa shape index (κ2) is 5.06. The SMILES string of the molecule is CC1CCC(NC(C)C(F)F)C(C)C1. The first-order chi connectivity index (χ1) is 6.50. The van der Waals surface area contributed by atoms with Crippen LogP contribution in [0.4, 0.5) is 8.78 Å². The van der Waals surface area contributed by atoms with Crippen molar-refractivity contribution in [2.75, 3.05) is 0 Å². The van der Waals surface area contributed by atoms with Gasteiger partial charge in [0.1, 0.15) is 0 Å². The van der Waals surface area contributed by atoms with Crippen molar-refractivity contribution >= 4 is 0 Å². The number of rotatable bonds is 3. The molecule has 14 heavy (non-hydrogen) atoms. The van der Waals surface area contributed by atoms with Crippen molar-refractivity contribution in [3.8, 4) is 0 Å². The van der Waals surface area contributed by atoms with Gasteiger partial charge in [-0.3, -0.25) is 0 Å². The Morgan fingerprint density at radius 3 is 2.36 bits per heavy atom. The lowest BCUT2D eigenvalue weighted by atomic mass is 9.79. The first-order valence-corrected chi connectivity index (χ1v) is 5.55. The Morgan fingerprint density at radius 2 is 1.86 bits per heavy atom. The molecule has 0 radical (unpaired) electrons. The maximum Gasteiger partial charge on any atom is 0.253 e. The summed E-state index contributed by atoms with van der Waals surface area (Å²) in [5.41, 5.74) is 0. The molecule has 0 aromatic carbocycles. The van der Waals surface area contributed by atoms with Crippen LogP contribution >= 0.6 is 0 Å². The van der Waals surface area contributed by atoms with Crippen LogP contribution in [0, 0.1) is 11.8 Å². The molecule has 1 saturated carbocycles. The van der Waals surface area contributed by atoms with Crippen LogP contribution in [0.15, 0.2) is 0 Å². The molecule has 1 N–H and O–H groups in total. The van der Waals surface area contributed by atoms with Crippen LogP contribution in [0.1, 0.15) is 40.0 Å². The second-order valence-electron chi connectivity index (χ2n) is 4.79. The summed E-state index contributed by atoms with van der Waals surface area (Å²) in [7, 11) is 0. The summed E-state index contributed by atoms with van der Waals surface area (Å²) in [5, 5.41) is 3.04. The highest BCUT2D eigenvalue weighted by molar-refractivity contribution is 4.83. The highest BCUT2D eigenvalue weighted by Crippen LogP contribution is 2.29. The predicted molar refractivity (Wildman–Crippen MR) is 54.6 cm³/mol. The summed E-state index contributed by atoms with van der Waals surface area (Å²) in [6.07, 6.45) is 1.12. The van der Waals surface area contributed by atoms with Crippen LogP contribution in [0.5, 0.6) is 0 Å². The molecule has 0 aliphatic heterocycles. The minimum Gasteiger partial charge on any atom is -0.306 e. The maximum atomic E-state index is 12.3. The molecule has 4 atom stereocenters. The Balaban J connectivity index is 2.37. The third kappa shape index (κ3) is 3.19. The third-order valence-corrected chi connectivity index (χ3v) is 3.29. The van der Waals surface area contributed by atoms with Crippen molar-refractivity contribution in [3.63, 3.8) is 0 Å². The molecule has 1 aliphatic carbocycles. The van der Waals surface area contributed by atoms with Gasteiger partial charge in [-0.1, -0.05) is 13.8 Å². The molecule has 84 valence electrons. The van der Waals surface area contributed by atoms with Gasteiger partial charge in [-0.05, 0) is 38.0 Å². The number of hydrogen-bond acceptors (Lipinski definition) is 1. The zero-order valence-corrected chi connectivity index (χ0v) is 9.26. The van der Waals surface area contributed by atoms with Gasteiger partial charge in [-0.25, -0.2) is 8.78 Å². The Hall–Kier alpha value is -0.180. The van der Waals surface area contributed by atoms with E-state index in [4.69, 9.17) is 0 Å². The van der Waals surface area contributed by atoms with Gasteiger partial charge in [0.15, 0.2) is 0 Å². The summed E-state index contributed by atoms with van der Waals surface area (Å²) < 4.78 is 24.6. The zero-order chi connectivity index (χ0) is 10.7. The van der Waals surface area contributed by atoms with Crippen LogP contribution in [0.25, 0.3) is 0 Å². The average molecular weight is 205 g/mol. The van der Waals surface area contributed by atoms with E-state index in [1.54, 1.807) is 6.92 Å². The Morgan fingerprint density at radius 1 is 1.21 bits per heavy atom. The van der Waals surface area contributed by atoms with Crippen LogP contribution in [-0.2, 0) is 0 Å². The molecule has 1 fully saturated rings. The first-order valence-electron chi connectivity index (χ1n) is 5.55. The van der Waals surface area contributed by atoms with Crippen molar-refractivity contribution < 1.29 is 8.78 Å². The predicted octanol–water partition coefficient (Wildman–Crippen LogP) is 3.05. The third-order valence-electron chi connectivity index (χ3n) is 3.29. The lowest BCUT2D eigenvalue weighted by molar-refractivity contribution is 0.0866. The van der Waals surface area contributed by atoms with E-state index >= 15 is 0 Å². The molecule has 0 aromatic rings. The van der Waals surface area contributed by atoms with Crippen molar-refractivity contribution in [2.45, 2.75) is 58.5 Å². The fraction of sp³-hybridized carbons (Fsp3) is 1.00. The largest absolute Gasteiger partial charge is 0.306 e. The quantitative estimate of drug-likeness (QED) is 0.746. The summed E-state index contributed by atoms with van der Waals surface area (Å²) in [6.45, 7) is 5.96. The molecule has 0 spiro atoms. The fourth-order valence-corrected chi connectivity index (χ4v) is 2.32. The molecule has 0 amide bonds. The van der Waals surface area contributed by atoms with Gasteiger partial charge in [0.2, 0.25) is 0 Å². The standard InChI is InChI=1S/C11H21F2N/c1-7-4-5-10(8(2)6-7)14-9(3)11(12)13/h7-11,14H,4-6H2,1-3H3. The highest BCUT2D eigenvalue weighted by atomic mass is 19.3. The molecular formula is C11H21F2N. The van der Waals surface area contributed by atoms with Crippen molar-refractivity contribution in [2.24, 2.45) is 11.8 Å². The Bertz CT molecular complexity index is 173. The molecule has 0 bridgehead atoms. The van der Waals surface area contributed by atoms with Crippen molar-refractivity contribution in [1.82, 2.24) is 5.32 Å². The normalized spacial score (nSPS) is 36.0. The van der Waals surface area contributed by atoms with Crippen LogP contribution in [0.2, 0.25) is 0 Å². The van der Waals surface area contributed by atoms with Gasteiger partial charge in [-0.2, -0.15) is 0 Å². The summed E-state index contributed by atoms with van der Waals surface area (Å²) in [5.74, 6) is 1.28. The maximum absolute atomic E-state index is 12.3. The molecule has 0 heterocycles. The van der Waals surface area contributed by atoms with E-state index in [1.807, 2.05) is 0 Å². The fourth-order valence-electron chi connectivity index (χ4n) is 2.32. The van der Waals surface area contributed by atoms with Gasteiger partial charge >= 0.3 is 0 Å². The topological polar surface area (TPSA) is 12.0 Å². The summed E-state index contributed by atoms with van der Waals surface area (Å²) in [6, 6.07) is -0.383.